The van der Waals surface area contributed by atoms with Crippen molar-refractivity contribution < 1.29 is 4.74 Å². The maximum absolute atomic E-state index is 11.6. The summed E-state index contributed by atoms with van der Waals surface area (Å²) in [6.45, 7) is 4.00. The van der Waals surface area contributed by atoms with E-state index in [0.717, 1.165) is 17.1 Å². The summed E-state index contributed by atoms with van der Waals surface area (Å²) >= 11 is 0. The predicted molar refractivity (Wildman–Crippen MR) is 75.2 cm³/mol. The molecule has 0 aliphatic heterocycles. The van der Waals surface area contributed by atoms with Crippen LogP contribution in [0.4, 0.5) is 11.6 Å². The Labute approximate surface area is 111 Å². The normalized spacial score (nSPS) is 10.5. The maximum atomic E-state index is 11.6. The fourth-order valence-electron chi connectivity index (χ4n) is 1.64. The van der Waals surface area contributed by atoms with Gasteiger partial charge in [0.2, 0.25) is 5.95 Å². The molecule has 0 fully saturated rings. The van der Waals surface area contributed by atoms with Gasteiger partial charge in [-0.25, -0.2) is 4.98 Å². The minimum atomic E-state index is -0.158. The van der Waals surface area contributed by atoms with Crippen LogP contribution in [0.5, 0.6) is 5.75 Å². The molecule has 1 heterocycles. The van der Waals surface area contributed by atoms with E-state index in [1.807, 2.05) is 38.1 Å². The van der Waals surface area contributed by atoms with Gasteiger partial charge in [0.05, 0.1) is 12.8 Å². The lowest BCUT2D eigenvalue weighted by molar-refractivity contribution is 0.415. The molecule has 0 amide bonds. The molecule has 5 nitrogen and oxygen atoms in total. The van der Waals surface area contributed by atoms with Crippen LogP contribution >= 0.6 is 0 Å². The van der Waals surface area contributed by atoms with Crippen molar-refractivity contribution in [3.63, 3.8) is 0 Å². The van der Waals surface area contributed by atoms with Gasteiger partial charge in [0, 0.05) is 11.8 Å². The molecule has 19 heavy (non-hydrogen) atoms. The van der Waals surface area contributed by atoms with Gasteiger partial charge in [-0.3, -0.25) is 9.78 Å². The molecule has 0 saturated heterocycles. The Bertz CT molecular complexity index is 603. The monoisotopic (exact) mass is 259 g/mol. The summed E-state index contributed by atoms with van der Waals surface area (Å²) in [4.78, 5) is 18.6. The van der Waals surface area contributed by atoms with Crippen molar-refractivity contribution in [3.05, 3.63) is 46.4 Å². The highest BCUT2D eigenvalue weighted by molar-refractivity contribution is 5.54. The molecule has 1 aromatic carbocycles. The summed E-state index contributed by atoms with van der Waals surface area (Å²) in [5, 5.41) is 3.07. The number of rotatable bonds is 4. The van der Waals surface area contributed by atoms with Crippen molar-refractivity contribution in [1.82, 2.24) is 9.97 Å². The van der Waals surface area contributed by atoms with Gasteiger partial charge in [-0.2, -0.15) is 0 Å². The average molecular weight is 259 g/mol. The molecule has 0 aliphatic rings. The molecule has 5 heteroatoms. The number of benzene rings is 1. The van der Waals surface area contributed by atoms with Gasteiger partial charge in [-0.1, -0.05) is 13.8 Å². The van der Waals surface area contributed by atoms with E-state index < -0.39 is 0 Å². The van der Waals surface area contributed by atoms with E-state index in [2.05, 4.69) is 15.3 Å². The largest absolute Gasteiger partial charge is 0.497 e. The fraction of sp³-hybridized carbons (Fsp3) is 0.286. The number of aromatic nitrogens is 2. The van der Waals surface area contributed by atoms with Gasteiger partial charge in [0.15, 0.2) is 0 Å². The smallest absolute Gasteiger partial charge is 0.252 e. The van der Waals surface area contributed by atoms with Gasteiger partial charge >= 0.3 is 0 Å². The van der Waals surface area contributed by atoms with Crippen LogP contribution in [0, 0.1) is 0 Å². The molecule has 2 N–H and O–H groups in total. The second-order valence-electron chi connectivity index (χ2n) is 4.53. The number of nitrogens with one attached hydrogen (secondary N) is 2. The Morgan fingerprint density at radius 1 is 1.26 bits per heavy atom. The third kappa shape index (κ3) is 3.34. The van der Waals surface area contributed by atoms with Gasteiger partial charge in [0.1, 0.15) is 5.75 Å². The Kier molecular flexibility index (Phi) is 3.85. The number of hydrogen-bond acceptors (Lipinski definition) is 4. The highest BCUT2D eigenvalue weighted by Gasteiger charge is 2.05. The third-order valence-electron chi connectivity index (χ3n) is 2.71. The van der Waals surface area contributed by atoms with Crippen LogP contribution in [0.3, 0.4) is 0 Å². The SMILES string of the molecule is COc1ccc(Nc2nc(C(C)C)cc(=O)[nH]2)cc1. The van der Waals surface area contributed by atoms with Crippen LogP contribution in [-0.4, -0.2) is 17.1 Å². The van der Waals surface area contributed by atoms with Gasteiger partial charge < -0.3 is 10.1 Å². The van der Waals surface area contributed by atoms with Crippen molar-refractivity contribution in [2.75, 3.05) is 12.4 Å². The molecule has 0 unspecified atom stereocenters. The number of hydrogen-bond donors (Lipinski definition) is 2. The molecule has 0 aliphatic carbocycles. The summed E-state index contributed by atoms with van der Waals surface area (Å²) in [5.41, 5.74) is 1.44. The molecule has 2 aromatic rings. The average Bonchev–Trinajstić information content (AvgIpc) is 2.39. The van der Waals surface area contributed by atoms with Crippen molar-refractivity contribution >= 4 is 11.6 Å². The number of anilines is 2. The number of nitrogens with zero attached hydrogens (tertiary/aromatic N) is 1. The lowest BCUT2D eigenvalue weighted by atomic mass is 10.1. The molecule has 1 aromatic heterocycles. The molecule has 100 valence electrons. The highest BCUT2D eigenvalue weighted by Crippen LogP contribution is 2.18. The summed E-state index contributed by atoms with van der Waals surface area (Å²) in [6, 6.07) is 8.92. The third-order valence-corrected chi connectivity index (χ3v) is 2.71. The Morgan fingerprint density at radius 3 is 2.53 bits per heavy atom. The standard InChI is InChI=1S/C14H17N3O2/c1-9(2)12-8-13(18)17-14(16-12)15-10-4-6-11(19-3)7-5-10/h4-9H,1-3H3,(H2,15,16,17,18). The second-order valence-corrected chi connectivity index (χ2v) is 4.53. The zero-order valence-corrected chi connectivity index (χ0v) is 11.2. The summed E-state index contributed by atoms with van der Waals surface area (Å²) < 4.78 is 5.09. The van der Waals surface area contributed by atoms with Crippen molar-refractivity contribution in [2.45, 2.75) is 19.8 Å². The van der Waals surface area contributed by atoms with Gasteiger partial charge in [0.25, 0.3) is 5.56 Å². The van der Waals surface area contributed by atoms with Crippen molar-refractivity contribution in [1.29, 1.82) is 0 Å². The number of ether oxygens (including phenoxy) is 1. The van der Waals surface area contributed by atoms with Gasteiger partial charge in [-0.05, 0) is 30.2 Å². The van der Waals surface area contributed by atoms with Crippen LogP contribution in [0.25, 0.3) is 0 Å². The molecule has 0 radical (unpaired) electrons. The van der Waals surface area contributed by atoms with Crippen molar-refractivity contribution in [2.24, 2.45) is 0 Å². The van der Waals surface area contributed by atoms with Crippen LogP contribution in [0.1, 0.15) is 25.5 Å². The maximum Gasteiger partial charge on any atom is 0.252 e. The van der Waals surface area contributed by atoms with E-state index in [-0.39, 0.29) is 11.5 Å². The molecular weight excluding hydrogens is 242 g/mol. The molecular formula is C14H17N3O2. The topological polar surface area (TPSA) is 67.0 Å². The first-order valence-electron chi connectivity index (χ1n) is 6.11. The molecule has 0 bridgehead atoms. The Morgan fingerprint density at radius 2 is 1.95 bits per heavy atom. The lowest BCUT2D eigenvalue weighted by Crippen LogP contribution is -2.12. The highest BCUT2D eigenvalue weighted by atomic mass is 16.5. The Balaban J connectivity index is 2.24. The first kappa shape index (κ1) is 13.1. The molecule has 2 rings (SSSR count). The predicted octanol–water partition coefficient (Wildman–Crippen LogP) is 2.65. The minimum absolute atomic E-state index is 0.158. The number of H-pyrrole nitrogens is 1. The van der Waals surface area contributed by atoms with Crippen molar-refractivity contribution in [3.8, 4) is 5.75 Å². The van der Waals surface area contributed by atoms with E-state index in [0.29, 0.717) is 5.95 Å². The van der Waals surface area contributed by atoms with E-state index in [1.165, 1.54) is 6.07 Å². The zero-order valence-electron chi connectivity index (χ0n) is 11.2. The van der Waals surface area contributed by atoms with E-state index in [4.69, 9.17) is 4.74 Å². The molecule has 0 spiro atoms. The van der Waals surface area contributed by atoms with Crippen LogP contribution in [0.2, 0.25) is 0 Å². The van der Waals surface area contributed by atoms with E-state index in [9.17, 15) is 4.79 Å². The summed E-state index contributed by atoms with van der Waals surface area (Å²) in [6.07, 6.45) is 0. The summed E-state index contributed by atoms with van der Waals surface area (Å²) in [7, 11) is 1.62. The number of aromatic amines is 1. The lowest BCUT2D eigenvalue weighted by Gasteiger charge is -2.09. The minimum Gasteiger partial charge on any atom is -0.497 e. The summed E-state index contributed by atoms with van der Waals surface area (Å²) in [5.74, 6) is 1.43. The molecule has 0 saturated carbocycles. The van der Waals surface area contributed by atoms with E-state index in [1.54, 1.807) is 7.11 Å². The van der Waals surface area contributed by atoms with Crippen LogP contribution in [0.15, 0.2) is 35.1 Å². The zero-order chi connectivity index (χ0) is 13.8. The molecule has 0 atom stereocenters. The fourth-order valence-corrected chi connectivity index (χ4v) is 1.64. The van der Waals surface area contributed by atoms with Crippen LogP contribution in [-0.2, 0) is 0 Å². The number of methoxy groups -OCH3 is 1. The first-order chi connectivity index (χ1) is 9.08. The Hall–Kier alpha value is -2.30. The van der Waals surface area contributed by atoms with Gasteiger partial charge in [-0.15, -0.1) is 0 Å². The first-order valence-corrected chi connectivity index (χ1v) is 6.11. The van der Waals surface area contributed by atoms with Crippen LogP contribution < -0.4 is 15.6 Å². The second kappa shape index (κ2) is 5.56. The quantitative estimate of drug-likeness (QED) is 0.885. The van der Waals surface area contributed by atoms with E-state index >= 15 is 0 Å².